The Hall–Kier alpha value is -0.930. The first-order valence-corrected chi connectivity index (χ1v) is 6.05. The minimum Gasteiger partial charge on any atom is -0.398 e. The molecule has 86 valence electrons. The lowest BCUT2D eigenvalue weighted by Crippen LogP contribution is -2.44. The Morgan fingerprint density at radius 3 is 2.69 bits per heavy atom. The van der Waals surface area contributed by atoms with Gasteiger partial charge in [-0.05, 0) is 31.7 Å². The molecule has 0 saturated carbocycles. The average molecular weight is 238 g/mol. The first-order valence-electron chi connectivity index (χ1n) is 5.67. The van der Waals surface area contributed by atoms with Crippen LogP contribution in [0.5, 0.6) is 0 Å². The number of hydrogen-bond acceptors (Lipinski definition) is 3. The van der Waals surface area contributed by atoms with Crippen LogP contribution in [-0.2, 0) is 0 Å². The third kappa shape index (κ3) is 1.46. The molecule has 3 nitrogen and oxygen atoms in total. The van der Waals surface area contributed by atoms with Gasteiger partial charge in [-0.25, -0.2) is 0 Å². The average Bonchev–Trinajstić information content (AvgIpc) is 2.80. The van der Waals surface area contributed by atoms with E-state index in [-0.39, 0.29) is 0 Å². The fourth-order valence-corrected chi connectivity index (χ4v) is 3.05. The zero-order chi connectivity index (χ0) is 11.3. The number of hydrogen-bond donors (Lipinski definition) is 1. The van der Waals surface area contributed by atoms with Crippen LogP contribution in [0.2, 0.25) is 5.02 Å². The summed E-state index contributed by atoms with van der Waals surface area (Å²) in [6.45, 7) is 2.27. The minimum absolute atomic E-state index is 0.648. The van der Waals surface area contributed by atoms with E-state index in [1.165, 1.54) is 12.1 Å². The molecular formula is C12H16ClN3. The lowest BCUT2D eigenvalue weighted by molar-refractivity contribution is 0.292. The molecule has 4 heteroatoms. The van der Waals surface area contributed by atoms with Crippen LogP contribution in [0.15, 0.2) is 18.2 Å². The summed E-state index contributed by atoms with van der Waals surface area (Å²) in [7, 11) is 2.21. The molecule has 0 aromatic heterocycles. The van der Waals surface area contributed by atoms with Gasteiger partial charge in [0.1, 0.15) is 0 Å². The van der Waals surface area contributed by atoms with Crippen molar-refractivity contribution in [2.75, 3.05) is 30.8 Å². The van der Waals surface area contributed by atoms with Crippen molar-refractivity contribution in [1.82, 2.24) is 4.90 Å². The molecule has 2 fully saturated rings. The molecule has 2 aliphatic heterocycles. The molecule has 2 bridgehead atoms. The number of fused-ring (bicyclic) bond motifs is 2. The molecule has 1 aromatic rings. The summed E-state index contributed by atoms with van der Waals surface area (Å²) in [5.74, 6) is 0. The monoisotopic (exact) mass is 237 g/mol. The van der Waals surface area contributed by atoms with E-state index in [9.17, 15) is 0 Å². The van der Waals surface area contributed by atoms with Crippen LogP contribution >= 0.6 is 11.6 Å². The highest BCUT2D eigenvalue weighted by atomic mass is 35.5. The number of likely N-dealkylation sites (N-methyl/N-ethyl adjacent to an activating group) is 1. The van der Waals surface area contributed by atoms with Crippen molar-refractivity contribution in [1.29, 1.82) is 0 Å². The van der Waals surface area contributed by atoms with Crippen LogP contribution in [0.25, 0.3) is 0 Å². The van der Waals surface area contributed by atoms with Gasteiger partial charge in [0.25, 0.3) is 0 Å². The highest BCUT2D eigenvalue weighted by molar-refractivity contribution is 6.33. The number of piperazine rings is 1. The summed E-state index contributed by atoms with van der Waals surface area (Å²) in [5.41, 5.74) is 7.59. The first-order chi connectivity index (χ1) is 7.65. The SMILES string of the molecule is CN1C[C@@H]2C[C@H]1CN2c1ccc(N)c(Cl)c1. The Labute approximate surface area is 101 Å². The number of nitrogens with two attached hydrogens (primary N) is 1. The molecule has 0 aliphatic carbocycles. The molecule has 0 amide bonds. The molecule has 2 atom stereocenters. The molecule has 0 spiro atoms. The second-order valence-corrected chi connectivity index (χ2v) is 5.25. The van der Waals surface area contributed by atoms with Crippen molar-refractivity contribution in [3.05, 3.63) is 23.2 Å². The molecule has 2 aliphatic rings. The number of likely N-dealkylation sites (tertiary alicyclic amines) is 1. The Morgan fingerprint density at radius 1 is 1.31 bits per heavy atom. The molecule has 2 N–H and O–H groups in total. The molecule has 1 aromatic carbocycles. The molecule has 16 heavy (non-hydrogen) atoms. The van der Waals surface area contributed by atoms with Crippen LogP contribution in [0.4, 0.5) is 11.4 Å². The van der Waals surface area contributed by atoms with E-state index in [4.69, 9.17) is 17.3 Å². The first kappa shape index (κ1) is 10.2. The van der Waals surface area contributed by atoms with Gasteiger partial charge in [-0.1, -0.05) is 11.6 Å². The van der Waals surface area contributed by atoms with Crippen molar-refractivity contribution in [3.63, 3.8) is 0 Å². The molecule has 3 rings (SSSR count). The molecule has 2 saturated heterocycles. The van der Waals surface area contributed by atoms with Gasteiger partial charge in [-0.2, -0.15) is 0 Å². The summed E-state index contributed by atoms with van der Waals surface area (Å²) in [6.07, 6.45) is 1.28. The smallest absolute Gasteiger partial charge is 0.0656 e. The van der Waals surface area contributed by atoms with Gasteiger partial charge in [-0.15, -0.1) is 0 Å². The fraction of sp³-hybridized carbons (Fsp3) is 0.500. The number of halogens is 1. The maximum Gasteiger partial charge on any atom is 0.0656 e. The van der Waals surface area contributed by atoms with Crippen molar-refractivity contribution in [2.45, 2.75) is 18.5 Å². The van der Waals surface area contributed by atoms with Gasteiger partial charge in [-0.3, -0.25) is 4.90 Å². The highest BCUT2D eigenvalue weighted by Gasteiger charge is 2.41. The predicted octanol–water partition coefficient (Wildman–Crippen LogP) is 1.81. The molecular weight excluding hydrogens is 222 g/mol. The normalized spacial score (nSPS) is 29.0. The summed E-state index contributed by atoms with van der Waals surface area (Å²) in [4.78, 5) is 4.90. The van der Waals surface area contributed by atoms with E-state index in [0.717, 1.165) is 13.1 Å². The molecule has 0 unspecified atom stereocenters. The second-order valence-electron chi connectivity index (χ2n) is 4.84. The van der Waals surface area contributed by atoms with Crippen LogP contribution in [-0.4, -0.2) is 37.1 Å². The quantitative estimate of drug-likeness (QED) is 0.757. The van der Waals surface area contributed by atoms with E-state index in [1.54, 1.807) is 0 Å². The predicted molar refractivity (Wildman–Crippen MR) is 68.0 cm³/mol. The topological polar surface area (TPSA) is 32.5 Å². The number of anilines is 2. The van der Waals surface area contributed by atoms with E-state index in [2.05, 4.69) is 22.9 Å². The van der Waals surface area contributed by atoms with Crippen molar-refractivity contribution in [3.8, 4) is 0 Å². The van der Waals surface area contributed by atoms with Crippen LogP contribution in [0, 0.1) is 0 Å². The van der Waals surface area contributed by atoms with Gasteiger partial charge in [0, 0.05) is 30.9 Å². The largest absolute Gasteiger partial charge is 0.398 e. The lowest BCUT2D eigenvalue weighted by Gasteiger charge is -2.33. The summed E-state index contributed by atoms with van der Waals surface area (Å²) in [6, 6.07) is 7.31. The summed E-state index contributed by atoms with van der Waals surface area (Å²) in [5, 5.41) is 0.661. The van der Waals surface area contributed by atoms with E-state index in [0.29, 0.717) is 22.8 Å². The van der Waals surface area contributed by atoms with Crippen molar-refractivity contribution < 1.29 is 0 Å². The second kappa shape index (κ2) is 3.54. The Bertz CT molecular complexity index is 419. The zero-order valence-corrected chi connectivity index (χ0v) is 10.1. The molecule has 2 heterocycles. The van der Waals surface area contributed by atoms with Gasteiger partial charge >= 0.3 is 0 Å². The van der Waals surface area contributed by atoms with E-state index >= 15 is 0 Å². The van der Waals surface area contributed by atoms with Gasteiger partial charge < -0.3 is 10.6 Å². The number of nitrogen functional groups attached to an aromatic ring is 1. The Morgan fingerprint density at radius 2 is 2.12 bits per heavy atom. The summed E-state index contributed by atoms with van der Waals surface area (Å²) >= 11 is 6.06. The Balaban J connectivity index is 1.87. The summed E-state index contributed by atoms with van der Waals surface area (Å²) < 4.78 is 0. The maximum absolute atomic E-state index is 6.06. The molecule has 0 radical (unpaired) electrons. The van der Waals surface area contributed by atoms with Gasteiger partial charge in [0.15, 0.2) is 0 Å². The van der Waals surface area contributed by atoms with Crippen molar-refractivity contribution in [2.24, 2.45) is 0 Å². The number of nitrogens with zero attached hydrogens (tertiary/aromatic N) is 2. The van der Waals surface area contributed by atoms with E-state index in [1.807, 2.05) is 12.1 Å². The van der Waals surface area contributed by atoms with Crippen molar-refractivity contribution >= 4 is 23.0 Å². The minimum atomic E-state index is 0.648. The number of benzene rings is 1. The standard InChI is InChI=1S/C12H16ClN3/c1-15-6-10-4-9(15)7-16(10)8-2-3-12(14)11(13)5-8/h2-3,5,9-10H,4,6-7,14H2,1H3/t9-,10-/m0/s1. The van der Waals surface area contributed by atoms with Crippen LogP contribution < -0.4 is 10.6 Å². The third-order valence-corrected chi connectivity index (χ3v) is 4.16. The maximum atomic E-state index is 6.06. The zero-order valence-electron chi connectivity index (χ0n) is 9.36. The van der Waals surface area contributed by atoms with Crippen LogP contribution in [0.1, 0.15) is 6.42 Å². The van der Waals surface area contributed by atoms with Gasteiger partial charge in [0.2, 0.25) is 0 Å². The fourth-order valence-electron chi connectivity index (χ4n) is 2.88. The number of rotatable bonds is 1. The Kier molecular flexibility index (Phi) is 2.26. The van der Waals surface area contributed by atoms with Gasteiger partial charge in [0.05, 0.1) is 10.7 Å². The highest BCUT2D eigenvalue weighted by Crippen LogP contribution is 2.35. The van der Waals surface area contributed by atoms with Crippen LogP contribution in [0.3, 0.4) is 0 Å². The lowest BCUT2D eigenvalue weighted by atomic mass is 10.2. The van der Waals surface area contributed by atoms with E-state index < -0.39 is 0 Å². The third-order valence-electron chi connectivity index (χ3n) is 3.83.